The molecular weight excluding hydrogens is 254 g/mol. The lowest BCUT2D eigenvalue weighted by Crippen LogP contribution is -2.53. The maximum atomic E-state index is 12.5. The number of hydrogen-bond acceptors (Lipinski definition) is 3. The lowest BCUT2D eigenvalue weighted by molar-refractivity contribution is -0.139. The minimum absolute atomic E-state index is 0.0138. The zero-order valence-corrected chi connectivity index (χ0v) is 13.5. The molecule has 5 heteroatoms. The van der Waals surface area contributed by atoms with Gasteiger partial charge in [-0.2, -0.15) is 0 Å². The summed E-state index contributed by atoms with van der Waals surface area (Å²) in [5.41, 5.74) is -0.354. The number of carbonyl (C=O) groups is 2. The van der Waals surface area contributed by atoms with Gasteiger partial charge >= 0.3 is 0 Å². The third-order valence-corrected chi connectivity index (χ3v) is 4.01. The van der Waals surface area contributed by atoms with Crippen molar-refractivity contribution in [2.75, 3.05) is 27.2 Å². The molecule has 1 aliphatic rings. The first-order chi connectivity index (χ1) is 9.26. The molecule has 0 aromatic heterocycles. The monoisotopic (exact) mass is 283 g/mol. The largest absolute Gasteiger partial charge is 0.347 e. The van der Waals surface area contributed by atoms with Gasteiger partial charge in [0, 0.05) is 19.5 Å². The topological polar surface area (TPSA) is 61.4 Å². The van der Waals surface area contributed by atoms with E-state index in [1.807, 2.05) is 6.92 Å². The van der Waals surface area contributed by atoms with Crippen molar-refractivity contribution in [3.63, 3.8) is 0 Å². The summed E-state index contributed by atoms with van der Waals surface area (Å²) in [6.07, 6.45) is 2.32. The van der Waals surface area contributed by atoms with Crippen LogP contribution in [0, 0.1) is 11.3 Å². The number of carbonyl (C=O) groups excluding carboxylic acids is 2. The molecule has 0 bridgehead atoms. The van der Waals surface area contributed by atoms with E-state index in [0.29, 0.717) is 12.3 Å². The summed E-state index contributed by atoms with van der Waals surface area (Å²) in [6, 6.07) is -0.413. The first-order valence-electron chi connectivity index (χ1n) is 7.49. The predicted molar refractivity (Wildman–Crippen MR) is 80.3 cm³/mol. The fourth-order valence-electron chi connectivity index (χ4n) is 2.54. The fourth-order valence-corrected chi connectivity index (χ4v) is 2.54. The van der Waals surface area contributed by atoms with Crippen LogP contribution < -0.4 is 10.6 Å². The van der Waals surface area contributed by atoms with E-state index < -0.39 is 6.04 Å². The van der Waals surface area contributed by atoms with Crippen molar-refractivity contribution in [3.05, 3.63) is 0 Å². The minimum Gasteiger partial charge on any atom is -0.347 e. The van der Waals surface area contributed by atoms with Crippen LogP contribution in [-0.2, 0) is 9.59 Å². The van der Waals surface area contributed by atoms with Crippen molar-refractivity contribution >= 4 is 11.8 Å². The Morgan fingerprint density at radius 2 is 1.80 bits per heavy atom. The molecule has 116 valence electrons. The second-order valence-corrected chi connectivity index (χ2v) is 6.70. The zero-order chi connectivity index (χ0) is 15.3. The SMILES string of the molecule is CC(C)CC(NC(=O)C1(C)CCNCC1)C(=O)N(C)C. The number of amides is 2. The number of likely N-dealkylation sites (N-methyl/N-ethyl adjacent to an activating group) is 1. The van der Waals surface area contributed by atoms with Crippen LogP contribution in [0.15, 0.2) is 0 Å². The van der Waals surface area contributed by atoms with Crippen LogP contribution in [0.3, 0.4) is 0 Å². The molecule has 5 nitrogen and oxygen atoms in total. The lowest BCUT2D eigenvalue weighted by atomic mass is 9.80. The Hall–Kier alpha value is -1.10. The normalized spacial score (nSPS) is 19.5. The van der Waals surface area contributed by atoms with Crippen LogP contribution in [0.25, 0.3) is 0 Å². The maximum Gasteiger partial charge on any atom is 0.244 e. The van der Waals surface area contributed by atoms with Gasteiger partial charge in [0.1, 0.15) is 6.04 Å². The van der Waals surface area contributed by atoms with Gasteiger partial charge in [0.25, 0.3) is 0 Å². The van der Waals surface area contributed by atoms with Crippen LogP contribution in [0.2, 0.25) is 0 Å². The molecule has 0 spiro atoms. The Morgan fingerprint density at radius 1 is 1.25 bits per heavy atom. The number of nitrogens with zero attached hydrogens (tertiary/aromatic N) is 1. The first kappa shape index (κ1) is 17.0. The summed E-state index contributed by atoms with van der Waals surface area (Å²) in [5.74, 6) is 0.356. The van der Waals surface area contributed by atoms with E-state index in [9.17, 15) is 9.59 Å². The summed E-state index contributed by atoms with van der Waals surface area (Å²) in [4.78, 5) is 26.3. The molecule has 0 radical (unpaired) electrons. The summed E-state index contributed by atoms with van der Waals surface area (Å²) in [6.45, 7) is 7.85. The average molecular weight is 283 g/mol. The van der Waals surface area contributed by atoms with E-state index in [1.165, 1.54) is 0 Å². The van der Waals surface area contributed by atoms with E-state index in [0.717, 1.165) is 25.9 Å². The zero-order valence-electron chi connectivity index (χ0n) is 13.5. The van der Waals surface area contributed by atoms with Gasteiger partial charge in [0.15, 0.2) is 0 Å². The van der Waals surface area contributed by atoms with E-state index >= 15 is 0 Å². The first-order valence-corrected chi connectivity index (χ1v) is 7.49. The third kappa shape index (κ3) is 4.47. The van der Waals surface area contributed by atoms with Gasteiger partial charge < -0.3 is 15.5 Å². The number of nitrogens with one attached hydrogen (secondary N) is 2. The molecule has 0 aliphatic carbocycles. The molecule has 1 fully saturated rings. The third-order valence-electron chi connectivity index (χ3n) is 4.01. The van der Waals surface area contributed by atoms with Gasteiger partial charge in [0.05, 0.1) is 0 Å². The quantitative estimate of drug-likeness (QED) is 0.791. The molecule has 2 N–H and O–H groups in total. The van der Waals surface area contributed by atoms with Crippen molar-refractivity contribution < 1.29 is 9.59 Å². The Kier molecular flexibility index (Phi) is 5.99. The smallest absolute Gasteiger partial charge is 0.244 e. The van der Waals surface area contributed by atoms with Gasteiger partial charge in [-0.15, -0.1) is 0 Å². The highest BCUT2D eigenvalue weighted by molar-refractivity contribution is 5.89. The molecule has 1 aliphatic heterocycles. The molecule has 0 aromatic carbocycles. The predicted octanol–water partition coefficient (Wildman–Crippen LogP) is 0.995. The Balaban J connectivity index is 2.73. The van der Waals surface area contributed by atoms with Crippen molar-refractivity contribution in [1.29, 1.82) is 0 Å². The van der Waals surface area contributed by atoms with E-state index in [2.05, 4.69) is 24.5 Å². The Labute approximate surface area is 122 Å². The lowest BCUT2D eigenvalue weighted by Gasteiger charge is -2.34. The van der Waals surface area contributed by atoms with Crippen molar-refractivity contribution in [1.82, 2.24) is 15.5 Å². The Bertz CT molecular complexity index is 347. The summed E-state index contributed by atoms with van der Waals surface area (Å²) >= 11 is 0. The molecule has 2 amide bonds. The number of rotatable bonds is 5. The molecule has 1 rings (SSSR count). The standard InChI is InChI=1S/C15H29N3O2/c1-11(2)10-12(13(19)18(4)5)17-14(20)15(3)6-8-16-9-7-15/h11-12,16H,6-10H2,1-5H3,(H,17,20). The van der Waals surface area contributed by atoms with Crippen LogP contribution in [0.4, 0.5) is 0 Å². The summed E-state index contributed by atoms with van der Waals surface area (Å²) < 4.78 is 0. The van der Waals surface area contributed by atoms with Gasteiger partial charge in [-0.3, -0.25) is 9.59 Å². The molecule has 20 heavy (non-hydrogen) atoms. The van der Waals surface area contributed by atoms with Crippen molar-refractivity contribution in [2.24, 2.45) is 11.3 Å². The Morgan fingerprint density at radius 3 is 2.25 bits per heavy atom. The number of hydrogen-bond donors (Lipinski definition) is 2. The van der Waals surface area contributed by atoms with E-state index in [1.54, 1.807) is 19.0 Å². The second-order valence-electron chi connectivity index (χ2n) is 6.70. The second kappa shape index (κ2) is 7.07. The highest BCUT2D eigenvalue weighted by atomic mass is 16.2. The summed E-state index contributed by atoms with van der Waals surface area (Å²) in [7, 11) is 3.46. The van der Waals surface area contributed by atoms with Crippen LogP contribution in [0.5, 0.6) is 0 Å². The van der Waals surface area contributed by atoms with Crippen LogP contribution >= 0.6 is 0 Å². The summed E-state index contributed by atoms with van der Waals surface area (Å²) in [5, 5.41) is 6.25. The molecule has 1 atom stereocenters. The maximum absolute atomic E-state index is 12.5. The highest BCUT2D eigenvalue weighted by Gasteiger charge is 2.36. The van der Waals surface area contributed by atoms with Crippen molar-refractivity contribution in [3.8, 4) is 0 Å². The van der Waals surface area contributed by atoms with Crippen LogP contribution in [0.1, 0.15) is 40.0 Å². The number of piperidine rings is 1. The fraction of sp³-hybridized carbons (Fsp3) is 0.867. The van der Waals surface area contributed by atoms with Gasteiger partial charge in [0.2, 0.25) is 11.8 Å². The molecule has 1 unspecified atom stereocenters. The van der Waals surface area contributed by atoms with Crippen molar-refractivity contribution in [2.45, 2.75) is 46.1 Å². The molecule has 1 saturated heterocycles. The minimum atomic E-state index is -0.413. The van der Waals surface area contributed by atoms with E-state index in [-0.39, 0.29) is 17.2 Å². The van der Waals surface area contributed by atoms with E-state index in [4.69, 9.17) is 0 Å². The highest BCUT2D eigenvalue weighted by Crippen LogP contribution is 2.28. The molecular formula is C15H29N3O2. The molecule has 0 saturated carbocycles. The average Bonchev–Trinajstić information content (AvgIpc) is 2.37. The van der Waals surface area contributed by atoms with Gasteiger partial charge in [-0.05, 0) is 38.3 Å². The molecule has 0 aromatic rings. The van der Waals surface area contributed by atoms with Gasteiger partial charge in [-0.1, -0.05) is 20.8 Å². The van der Waals surface area contributed by atoms with Crippen LogP contribution in [-0.4, -0.2) is 49.9 Å². The van der Waals surface area contributed by atoms with Gasteiger partial charge in [-0.25, -0.2) is 0 Å². The molecule has 1 heterocycles.